The lowest BCUT2D eigenvalue weighted by molar-refractivity contribution is -0.113. The molecule has 1 aliphatic heterocycles. The van der Waals surface area contributed by atoms with Crippen molar-refractivity contribution in [1.82, 2.24) is 4.98 Å². The van der Waals surface area contributed by atoms with E-state index in [4.69, 9.17) is 9.47 Å². The van der Waals surface area contributed by atoms with Crippen LogP contribution >= 0.6 is 23.1 Å². The Labute approximate surface area is 166 Å². The van der Waals surface area contributed by atoms with Gasteiger partial charge in [-0.2, -0.15) is 0 Å². The van der Waals surface area contributed by atoms with Crippen LogP contribution in [0.1, 0.15) is 12.8 Å². The van der Waals surface area contributed by atoms with Crippen LogP contribution in [0.3, 0.4) is 0 Å². The van der Waals surface area contributed by atoms with Gasteiger partial charge in [-0.3, -0.25) is 4.79 Å². The van der Waals surface area contributed by atoms with Gasteiger partial charge in [0, 0.05) is 18.4 Å². The van der Waals surface area contributed by atoms with E-state index in [1.165, 1.54) is 11.8 Å². The molecule has 1 atom stereocenters. The number of amides is 1. The molecule has 1 amide bonds. The van der Waals surface area contributed by atoms with Crippen molar-refractivity contribution in [2.75, 3.05) is 24.3 Å². The van der Waals surface area contributed by atoms with Crippen molar-refractivity contribution in [2.45, 2.75) is 23.3 Å². The molecule has 0 unspecified atom stereocenters. The number of ether oxygens (including phenoxy) is 2. The van der Waals surface area contributed by atoms with Crippen LogP contribution in [0.15, 0.2) is 52.9 Å². The number of aromatic nitrogens is 1. The smallest absolute Gasteiger partial charge is 0.234 e. The minimum absolute atomic E-state index is 0.0597. The van der Waals surface area contributed by atoms with Gasteiger partial charge in [-0.15, -0.1) is 11.3 Å². The van der Waals surface area contributed by atoms with Crippen molar-refractivity contribution < 1.29 is 14.3 Å². The van der Waals surface area contributed by atoms with Crippen molar-refractivity contribution in [2.24, 2.45) is 0 Å². The molecule has 0 bridgehead atoms. The normalized spacial score (nSPS) is 16.5. The highest BCUT2D eigenvalue weighted by molar-refractivity contribution is 8.01. The van der Waals surface area contributed by atoms with Gasteiger partial charge in [-0.1, -0.05) is 30.0 Å². The number of carbonyl (C=O) groups is 1. The zero-order valence-corrected chi connectivity index (χ0v) is 16.4. The number of anilines is 1. The van der Waals surface area contributed by atoms with Crippen molar-refractivity contribution in [3.63, 3.8) is 0 Å². The van der Waals surface area contributed by atoms with Crippen molar-refractivity contribution >= 4 is 44.9 Å². The first-order chi connectivity index (χ1) is 13.3. The predicted molar refractivity (Wildman–Crippen MR) is 110 cm³/mol. The standard InChI is InChI=1S/C20H20N2O3S2/c23-19(13-26-20-22-17-8-1-2-9-18(17)27-20)21-14-5-3-6-15(11-14)25-12-16-7-4-10-24-16/h1-3,5-6,8-9,11,16H,4,7,10,12-13H2,(H,21,23)/t16-/m1/s1. The fourth-order valence-corrected chi connectivity index (χ4v) is 4.73. The molecule has 7 heteroatoms. The second kappa shape index (κ2) is 8.73. The third-order valence-corrected chi connectivity index (χ3v) is 6.36. The van der Waals surface area contributed by atoms with E-state index in [0.29, 0.717) is 12.4 Å². The average Bonchev–Trinajstić information content (AvgIpc) is 3.34. The number of nitrogens with zero attached hydrogens (tertiary/aromatic N) is 1. The van der Waals surface area contributed by atoms with Crippen LogP contribution in [-0.2, 0) is 9.53 Å². The van der Waals surface area contributed by atoms with Gasteiger partial charge in [0.05, 0.1) is 22.1 Å². The summed E-state index contributed by atoms with van der Waals surface area (Å²) >= 11 is 3.06. The van der Waals surface area contributed by atoms with E-state index in [-0.39, 0.29) is 12.0 Å². The third-order valence-electron chi connectivity index (χ3n) is 4.18. The molecule has 1 N–H and O–H groups in total. The number of hydrogen-bond acceptors (Lipinski definition) is 6. The molecule has 0 spiro atoms. The zero-order chi connectivity index (χ0) is 18.5. The molecule has 140 valence electrons. The Bertz CT molecular complexity index is 889. The summed E-state index contributed by atoms with van der Waals surface area (Å²) in [6.07, 6.45) is 2.31. The number of thioether (sulfide) groups is 1. The van der Waals surface area contributed by atoms with E-state index in [1.54, 1.807) is 11.3 Å². The first-order valence-electron chi connectivity index (χ1n) is 8.89. The van der Waals surface area contributed by atoms with Gasteiger partial charge >= 0.3 is 0 Å². The minimum atomic E-state index is -0.0597. The van der Waals surface area contributed by atoms with Gasteiger partial charge in [0.15, 0.2) is 4.34 Å². The van der Waals surface area contributed by atoms with E-state index < -0.39 is 0 Å². The van der Waals surface area contributed by atoms with Crippen LogP contribution in [0.2, 0.25) is 0 Å². The molecule has 5 nitrogen and oxygen atoms in total. The first kappa shape index (κ1) is 18.3. The van der Waals surface area contributed by atoms with E-state index in [9.17, 15) is 4.79 Å². The second-order valence-corrected chi connectivity index (χ2v) is 8.51. The maximum Gasteiger partial charge on any atom is 0.234 e. The maximum absolute atomic E-state index is 12.3. The summed E-state index contributed by atoms with van der Waals surface area (Å²) in [7, 11) is 0. The van der Waals surface area contributed by atoms with E-state index >= 15 is 0 Å². The molecule has 4 rings (SSSR count). The Balaban J connectivity index is 1.28. The van der Waals surface area contributed by atoms with E-state index in [0.717, 1.165) is 45.4 Å². The topological polar surface area (TPSA) is 60.5 Å². The molecule has 1 fully saturated rings. The summed E-state index contributed by atoms with van der Waals surface area (Å²) in [6.45, 7) is 1.36. The van der Waals surface area contributed by atoms with Crippen LogP contribution < -0.4 is 10.1 Å². The molecule has 3 aromatic rings. The number of thiazole rings is 1. The van der Waals surface area contributed by atoms with E-state index in [2.05, 4.69) is 10.3 Å². The average molecular weight is 401 g/mol. The monoisotopic (exact) mass is 400 g/mol. The predicted octanol–water partition coefficient (Wildman–Crippen LogP) is 4.58. The summed E-state index contributed by atoms with van der Waals surface area (Å²) in [4.78, 5) is 16.8. The lowest BCUT2D eigenvalue weighted by Crippen LogP contribution is -2.16. The number of para-hydroxylation sites is 1. The molecule has 1 aromatic heterocycles. The zero-order valence-electron chi connectivity index (χ0n) is 14.7. The summed E-state index contributed by atoms with van der Waals surface area (Å²) in [5.41, 5.74) is 1.70. The number of hydrogen-bond donors (Lipinski definition) is 1. The van der Waals surface area contributed by atoms with Gasteiger partial charge in [-0.25, -0.2) is 4.98 Å². The van der Waals surface area contributed by atoms with Crippen LogP contribution in [-0.4, -0.2) is 36.0 Å². The van der Waals surface area contributed by atoms with Gasteiger partial charge in [0.1, 0.15) is 12.4 Å². The van der Waals surface area contributed by atoms with Crippen LogP contribution in [0.5, 0.6) is 5.75 Å². The van der Waals surface area contributed by atoms with Gasteiger partial charge in [0.25, 0.3) is 0 Å². The Kier molecular flexibility index (Phi) is 5.91. The van der Waals surface area contributed by atoms with Crippen molar-refractivity contribution in [3.8, 4) is 5.75 Å². The first-order valence-corrected chi connectivity index (χ1v) is 10.7. The highest BCUT2D eigenvalue weighted by Gasteiger charge is 2.16. The van der Waals surface area contributed by atoms with Crippen LogP contribution in [0.25, 0.3) is 10.2 Å². The van der Waals surface area contributed by atoms with Gasteiger partial charge in [-0.05, 0) is 37.1 Å². The summed E-state index contributed by atoms with van der Waals surface area (Å²) < 4.78 is 13.4. The Morgan fingerprint density at radius 2 is 2.22 bits per heavy atom. The molecule has 27 heavy (non-hydrogen) atoms. The summed E-state index contributed by atoms with van der Waals surface area (Å²) in [6, 6.07) is 15.5. The molecule has 2 aromatic carbocycles. The van der Waals surface area contributed by atoms with Crippen molar-refractivity contribution in [3.05, 3.63) is 48.5 Å². The summed E-state index contributed by atoms with van der Waals surface area (Å²) in [5, 5.41) is 2.92. The lowest BCUT2D eigenvalue weighted by Gasteiger charge is -2.12. The lowest BCUT2D eigenvalue weighted by atomic mass is 10.2. The Hall–Kier alpha value is -2.09. The SMILES string of the molecule is O=C(CSc1nc2ccccc2s1)Nc1cccc(OC[C@H]2CCCO2)c1. The number of rotatable bonds is 7. The Morgan fingerprint density at radius 3 is 3.07 bits per heavy atom. The molecular weight excluding hydrogens is 380 g/mol. The second-order valence-electron chi connectivity index (χ2n) is 6.26. The molecular formula is C20H20N2O3S2. The summed E-state index contributed by atoms with van der Waals surface area (Å²) in [5.74, 6) is 0.999. The quantitative estimate of drug-likeness (QED) is 0.588. The molecule has 2 heterocycles. The van der Waals surface area contributed by atoms with Crippen LogP contribution in [0, 0.1) is 0 Å². The maximum atomic E-state index is 12.3. The van der Waals surface area contributed by atoms with E-state index in [1.807, 2.05) is 48.5 Å². The number of nitrogens with one attached hydrogen (secondary N) is 1. The number of carbonyl (C=O) groups excluding carboxylic acids is 1. The largest absolute Gasteiger partial charge is 0.491 e. The number of benzene rings is 2. The third kappa shape index (κ3) is 5.00. The molecule has 0 aliphatic carbocycles. The highest BCUT2D eigenvalue weighted by atomic mass is 32.2. The molecule has 0 saturated carbocycles. The molecule has 1 aliphatic rings. The van der Waals surface area contributed by atoms with Gasteiger partial charge < -0.3 is 14.8 Å². The fraction of sp³-hybridized carbons (Fsp3) is 0.300. The fourth-order valence-electron chi connectivity index (χ4n) is 2.87. The molecule has 1 saturated heterocycles. The minimum Gasteiger partial charge on any atom is -0.491 e. The number of fused-ring (bicyclic) bond motifs is 1. The Morgan fingerprint density at radius 1 is 1.30 bits per heavy atom. The van der Waals surface area contributed by atoms with Gasteiger partial charge in [0.2, 0.25) is 5.91 Å². The van der Waals surface area contributed by atoms with Crippen LogP contribution in [0.4, 0.5) is 5.69 Å². The highest BCUT2D eigenvalue weighted by Crippen LogP contribution is 2.29. The molecule has 0 radical (unpaired) electrons. The van der Waals surface area contributed by atoms with Crippen molar-refractivity contribution in [1.29, 1.82) is 0 Å².